The van der Waals surface area contributed by atoms with Gasteiger partial charge in [-0.3, -0.25) is 19.5 Å². The van der Waals surface area contributed by atoms with Crippen LogP contribution >= 0.6 is 11.8 Å². The van der Waals surface area contributed by atoms with Crippen LogP contribution in [-0.4, -0.2) is 33.3 Å². The van der Waals surface area contributed by atoms with Crippen molar-refractivity contribution >= 4 is 34.6 Å². The second-order valence-electron chi connectivity index (χ2n) is 7.43. The molecule has 1 heterocycles. The number of carbonyl (C=O) groups excluding carboxylic acids is 2. The maximum atomic E-state index is 13.3. The van der Waals surface area contributed by atoms with E-state index in [1.54, 1.807) is 22.8 Å². The smallest absolute Gasteiger partial charge is 0.321 e. The van der Waals surface area contributed by atoms with E-state index in [4.69, 9.17) is 0 Å². The third-order valence-corrected chi connectivity index (χ3v) is 5.77. The molecule has 0 aliphatic heterocycles. The van der Waals surface area contributed by atoms with Crippen molar-refractivity contribution in [2.24, 2.45) is 0 Å². The topological polar surface area (TPSA) is 93.1 Å². The number of nitrogens with zero attached hydrogens (tertiary/aromatic N) is 2. The zero-order valence-electron chi connectivity index (χ0n) is 16.8. The van der Waals surface area contributed by atoms with Gasteiger partial charge in [0.1, 0.15) is 0 Å². The van der Waals surface area contributed by atoms with Crippen LogP contribution in [0.2, 0.25) is 0 Å². The lowest BCUT2D eigenvalue weighted by molar-refractivity contribution is -0.117. The first kappa shape index (κ1) is 20.2. The molecule has 4 rings (SSSR count). The van der Waals surface area contributed by atoms with Gasteiger partial charge in [0, 0.05) is 6.04 Å². The molecule has 30 heavy (non-hydrogen) atoms. The van der Waals surface area contributed by atoms with Crippen molar-refractivity contribution in [2.75, 3.05) is 5.75 Å². The molecule has 0 radical (unpaired) electrons. The molecule has 3 aromatic rings. The Morgan fingerprint density at radius 2 is 1.93 bits per heavy atom. The molecular formula is C22H22N4O3S. The Balaban J connectivity index is 1.66. The van der Waals surface area contributed by atoms with Gasteiger partial charge in [-0.1, -0.05) is 41.6 Å². The van der Waals surface area contributed by atoms with E-state index in [1.165, 1.54) is 0 Å². The third kappa shape index (κ3) is 4.38. The molecule has 1 fully saturated rings. The number of hydrogen-bond donors (Lipinski definition) is 2. The average molecular weight is 423 g/mol. The third-order valence-electron chi connectivity index (χ3n) is 4.84. The van der Waals surface area contributed by atoms with Gasteiger partial charge in [0.15, 0.2) is 5.16 Å². The van der Waals surface area contributed by atoms with Gasteiger partial charge < -0.3 is 5.32 Å². The first-order valence-corrected chi connectivity index (χ1v) is 10.7. The number of nitrogens with one attached hydrogen (secondary N) is 2. The number of amides is 3. The molecule has 1 aliphatic carbocycles. The van der Waals surface area contributed by atoms with E-state index >= 15 is 0 Å². The Labute approximate surface area is 177 Å². The standard InChI is InChI=1S/C22H22N4O3S/c1-13-7-10-18(14(2)11-13)26-20(28)16-5-3-4-6-17(16)24-22(26)30-12-19(27)25-21(29)23-15-8-9-15/h3-7,10-11,15H,8-9,12H2,1-2H3,(H2,23,25,27,29). The Morgan fingerprint density at radius 3 is 2.67 bits per heavy atom. The number of para-hydroxylation sites is 1. The van der Waals surface area contributed by atoms with Crippen molar-refractivity contribution in [1.29, 1.82) is 0 Å². The minimum atomic E-state index is -0.485. The number of aromatic nitrogens is 2. The normalized spacial score (nSPS) is 13.3. The van der Waals surface area contributed by atoms with Crippen LogP contribution in [0.4, 0.5) is 4.79 Å². The molecule has 2 aromatic carbocycles. The van der Waals surface area contributed by atoms with E-state index in [0.29, 0.717) is 16.1 Å². The Hall–Kier alpha value is -3.13. The quantitative estimate of drug-likeness (QED) is 0.487. The highest BCUT2D eigenvalue weighted by Crippen LogP contribution is 2.24. The number of imide groups is 1. The van der Waals surface area contributed by atoms with E-state index in [2.05, 4.69) is 15.6 Å². The number of rotatable bonds is 5. The predicted octanol–water partition coefficient (Wildman–Crippen LogP) is 3.08. The second-order valence-corrected chi connectivity index (χ2v) is 8.37. The maximum Gasteiger partial charge on any atom is 0.321 e. The van der Waals surface area contributed by atoms with E-state index < -0.39 is 11.9 Å². The van der Waals surface area contributed by atoms with E-state index in [0.717, 1.165) is 41.4 Å². The number of urea groups is 1. The van der Waals surface area contributed by atoms with Gasteiger partial charge in [0.05, 0.1) is 22.3 Å². The molecule has 0 unspecified atom stereocenters. The fourth-order valence-corrected chi connectivity index (χ4v) is 4.03. The van der Waals surface area contributed by atoms with Gasteiger partial charge in [0.25, 0.3) is 5.56 Å². The molecule has 0 spiro atoms. The van der Waals surface area contributed by atoms with Crippen LogP contribution < -0.4 is 16.2 Å². The second kappa shape index (κ2) is 8.31. The highest BCUT2D eigenvalue weighted by atomic mass is 32.2. The number of hydrogen-bond acceptors (Lipinski definition) is 5. The van der Waals surface area contributed by atoms with Crippen molar-refractivity contribution in [3.8, 4) is 5.69 Å². The zero-order chi connectivity index (χ0) is 21.3. The molecule has 0 atom stereocenters. The van der Waals surface area contributed by atoms with Gasteiger partial charge in [-0.05, 0) is 50.5 Å². The summed E-state index contributed by atoms with van der Waals surface area (Å²) in [6.07, 6.45) is 1.89. The van der Waals surface area contributed by atoms with Crippen LogP contribution in [0, 0.1) is 13.8 Å². The largest absolute Gasteiger partial charge is 0.335 e. The van der Waals surface area contributed by atoms with Crippen LogP contribution in [0.5, 0.6) is 0 Å². The minimum absolute atomic E-state index is 0.0340. The highest BCUT2D eigenvalue weighted by Gasteiger charge is 2.24. The highest BCUT2D eigenvalue weighted by molar-refractivity contribution is 7.99. The fourth-order valence-electron chi connectivity index (χ4n) is 3.22. The molecule has 1 aromatic heterocycles. The Bertz CT molecular complexity index is 1200. The van der Waals surface area contributed by atoms with Crippen molar-refractivity contribution in [2.45, 2.75) is 37.9 Å². The molecule has 7 nitrogen and oxygen atoms in total. The summed E-state index contributed by atoms with van der Waals surface area (Å²) in [6.45, 7) is 3.93. The summed E-state index contributed by atoms with van der Waals surface area (Å²) in [6, 6.07) is 12.6. The number of carbonyl (C=O) groups is 2. The lowest BCUT2D eigenvalue weighted by Gasteiger charge is -2.15. The van der Waals surface area contributed by atoms with Crippen LogP contribution in [0.25, 0.3) is 16.6 Å². The monoisotopic (exact) mass is 422 g/mol. The van der Waals surface area contributed by atoms with Crippen molar-refractivity contribution in [1.82, 2.24) is 20.2 Å². The maximum absolute atomic E-state index is 13.3. The summed E-state index contributed by atoms with van der Waals surface area (Å²) in [5.74, 6) is -0.471. The van der Waals surface area contributed by atoms with E-state index in [1.807, 2.05) is 38.1 Å². The number of thioether (sulfide) groups is 1. The summed E-state index contributed by atoms with van der Waals surface area (Å²) in [5, 5.41) is 5.96. The van der Waals surface area contributed by atoms with E-state index in [9.17, 15) is 14.4 Å². The van der Waals surface area contributed by atoms with Gasteiger partial charge in [-0.15, -0.1) is 0 Å². The van der Waals surface area contributed by atoms with Crippen LogP contribution in [0.3, 0.4) is 0 Å². The van der Waals surface area contributed by atoms with Crippen molar-refractivity contribution in [3.63, 3.8) is 0 Å². The first-order chi connectivity index (χ1) is 14.4. The predicted molar refractivity (Wildman–Crippen MR) is 117 cm³/mol. The molecule has 0 bridgehead atoms. The van der Waals surface area contributed by atoms with Crippen molar-refractivity contribution in [3.05, 3.63) is 63.9 Å². The summed E-state index contributed by atoms with van der Waals surface area (Å²) in [7, 11) is 0. The minimum Gasteiger partial charge on any atom is -0.335 e. The van der Waals surface area contributed by atoms with Crippen LogP contribution in [-0.2, 0) is 4.79 Å². The van der Waals surface area contributed by atoms with E-state index in [-0.39, 0.29) is 17.4 Å². The number of aryl methyl sites for hydroxylation is 2. The molecule has 1 aliphatic rings. The van der Waals surface area contributed by atoms with Crippen LogP contribution in [0.15, 0.2) is 52.4 Å². The molecular weight excluding hydrogens is 400 g/mol. The molecule has 2 N–H and O–H groups in total. The Morgan fingerprint density at radius 1 is 1.17 bits per heavy atom. The van der Waals surface area contributed by atoms with Gasteiger partial charge >= 0.3 is 6.03 Å². The zero-order valence-corrected chi connectivity index (χ0v) is 17.6. The summed E-state index contributed by atoms with van der Waals surface area (Å²) in [4.78, 5) is 41.9. The molecule has 1 saturated carbocycles. The SMILES string of the molecule is Cc1ccc(-n2c(SCC(=O)NC(=O)NC3CC3)nc3ccccc3c2=O)c(C)c1. The molecule has 3 amide bonds. The Kier molecular flexibility index (Phi) is 5.59. The molecule has 154 valence electrons. The fraction of sp³-hybridized carbons (Fsp3) is 0.273. The first-order valence-electron chi connectivity index (χ1n) is 9.75. The number of fused-ring (bicyclic) bond motifs is 1. The lowest BCUT2D eigenvalue weighted by atomic mass is 10.1. The molecule has 0 saturated heterocycles. The van der Waals surface area contributed by atoms with Crippen LogP contribution in [0.1, 0.15) is 24.0 Å². The number of benzene rings is 2. The van der Waals surface area contributed by atoms with Gasteiger partial charge in [0.2, 0.25) is 5.91 Å². The van der Waals surface area contributed by atoms with Gasteiger partial charge in [-0.2, -0.15) is 0 Å². The average Bonchev–Trinajstić information content (AvgIpc) is 3.51. The molecule has 8 heteroatoms. The lowest BCUT2D eigenvalue weighted by Crippen LogP contribution is -2.41. The summed E-state index contributed by atoms with van der Waals surface area (Å²) < 4.78 is 1.54. The van der Waals surface area contributed by atoms with Gasteiger partial charge in [-0.25, -0.2) is 9.78 Å². The summed E-state index contributed by atoms with van der Waals surface area (Å²) >= 11 is 1.13. The summed E-state index contributed by atoms with van der Waals surface area (Å²) in [5.41, 5.74) is 3.12. The van der Waals surface area contributed by atoms with Crippen molar-refractivity contribution < 1.29 is 9.59 Å².